The second kappa shape index (κ2) is 2.83. The minimum Gasteiger partial charge on any atom is -0.392 e. The highest BCUT2D eigenvalue weighted by Gasteiger charge is 2.64. The SMILES string of the molecule is OC(Cc1ccccc1)C1CC12CC2. The number of aliphatic hydroxyl groups excluding tert-OH is 1. The smallest absolute Gasteiger partial charge is 0.0614 e. The van der Waals surface area contributed by atoms with Crippen LogP contribution in [0.1, 0.15) is 24.8 Å². The van der Waals surface area contributed by atoms with E-state index >= 15 is 0 Å². The fraction of sp³-hybridized carbons (Fsp3) is 0.538. The standard InChI is InChI=1S/C13H16O/c14-12(11-9-13(11)6-7-13)8-10-4-2-1-3-5-10/h1-5,11-12,14H,6-9H2. The molecule has 2 aliphatic rings. The van der Waals surface area contributed by atoms with Crippen molar-refractivity contribution in [2.45, 2.75) is 31.8 Å². The summed E-state index contributed by atoms with van der Waals surface area (Å²) in [6, 6.07) is 10.3. The van der Waals surface area contributed by atoms with Gasteiger partial charge in [0, 0.05) is 0 Å². The molecule has 74 valence electrons. The highest BCUT2D eigenvalue weighted by atomic mass is 16.3. The summed E-state index contributed by atoms with van der Waals surface area (Å²) < 4.78 is 0. The summed E-state index contributed by atoms with van der Waals surface area (Å²) in [5, 5.41) is 10.0. The van der Waals surface area contributed by atoms with Crippen molar-refractivity contribution >= 4 is 0 Å². The molecule has 0 saturated heterocycles. The summed E-state index contributed by atoms with van der Waals surface area (Å²) in [5.41, 5.74) is 1.89. The summed E-state index contributed by atoms with van der Waals surface area (Å²) >= 11 is 0. The van der Waals surface area contributed by atoms with Gasteiger partial charge in [-0.2, -0.15) is 0 Å². The number of aliphatic hydroxyl groups is 1. The Morgan fingerprint density at radius 2 is 2.00 bits per heavy atom. The van der Waals surface area contributed by atoms with Crippen molar-refractivity contribution < 1.29 is 5.11 Å². The fourth-order valence-electron chi connectivity index (χ4n) is 2.66. The van der Waals surface area contributed by atoms with Crippen LogP contribution in [0.2, 0.25) is 0 Å². The number of hydrogen-bond acceptors (Lipinski definition) is 1. The van der Waals surface area contributed by atoms with Crippen molar-refractivity contribution in [3.8, 4) is 0 Å². The van der Waals surface area contributed by atoms with Crippen molar-refractivity contribution in [1.29, 1.82) is 0 Å². The Balaban J connectivity index is 1.62. The quantitative estimate of drug-likeness (QED) is 0.772. The van der Waals surface area contributed by atoms with Gasteiger partial charge in [-0.05, 0) is 42.6 Å². The molecule has 1 nitrogen and oxygen atoms in total. The summed E-state index contributed by atoms with van der Waals surface area (Å²) in [5.74, 6) is 0.614. The Kier molecular flexibility index (Phi) is 1.72. The molecule has 0 aliphatic heterocycles. The average Bonchev–Trinajstić information content (AvgIpc) is 3.09. The molecular formula is C13H16O. The summed E-state index contributed by atoms with van der Waals surface area (Å²) in [7, 11) is 0. The lowest BCUT2D eigenvalue weighted by Gasteiger charge is -2.09. The van der Waals surface area contributed by atoms with E-state index in [2.05, 4.69) is 12.1 Å². The van der Waals surface area contributed by atoms with E-state index in [1.165, 1.54) is 24.8 Å². The first-order chi connectivity index (χ1) is 6.80. The van der Waals surface area contributed by atoms with Gasteiger partial charge in [0.1, 0.15) is 0 Å². The first kappa shape index (κ1) is 8.49. The second-order valence-corrected chi connectivity index (χ2v) is 4.93. The maximum absolute atomic E-state index is 10.0. The molecule has 14 heavy (non-hydrogen) atoms. The van der Waals surface area contributed by atoms with Gasteiger partial charge in [-0.3, -0.25) is 0 Å². The molecule has 0 amide bonds. The van der Waals surface area contributed by atoms with Crippen LogP contribution in [0.25, 0.3) is 0 Å². The van der Waals surface area contributed by atoms with E-state index in [9.17, 15) is 5.11 Å². The molecular weight excluding hydrogens is 172 g/mol. The molecule has 2 atom stereocenters. The van der Waals surface area contributed by atoms with Gasteiger partial charge in [-0.15, -0.1) is 0 Å². The largest absolute Gasteiger partial charge is 0.392 e. The Hall–Kier alpha value is -0.820. The van der Waals surface area contributed by atoms with Crippen LogP contribution >= 0.6 is 0 Å². The van der Waals surface area contributed by atoms with E-state index in [1.54, 1.807) is 0 Å². The number of benzene rings is 1. The zero-order valence-electron chi connectivity index (χ0n) is 8.32. The van der Waals surface area contributed by atoms with E-state index in [0.29, 0.717) is 11.3 Å². The molecule has 1 N–H and O–H groups in total. The molecule has 2 aliphatic carbocycles. The molecule has 0 heterocycles. The fourth-order valence-corrected chi connectivity index (χ4v) is 2.66. The predicted molar refractivity (Wildman–Crippen MR) is 55.9 cm³/mol. The summed E-state index contributed by atoms with van der Waals surface area (Å²) in [6.45, 7) is 0. The van der Waals surface area contributed by atoms with Crippen LogP contribution in [0.4, 0.5) is 0 Å². The lowest BCUT2D eigenvalue weighted by atomic mass is 10.0. The van der Waals surface area contributed by atoms with Crippen molar-refractivity contribution in [2.24, 2.45) is 11.3 Å². The van der Waals surface area contributed by atoms with E-state index in [1.807, 2.05) is 18.2 Å². The van der Waals surface area contributed by atoms with Gasteiger partial charge in [0.25, 0.3) is 0 Å². The molecule has 3 rings (SSSR count). The number of rotatable bonds is 3. The van der Waals surface area contributed by atoms with Crippen LogP contribution in [0.5, 0.6) is 0 Å². The van der Waals surface area contributed by atoms with Crippen molar-refractivity contribution in [1.82, 2.24) is 0 Å². The molecule has 2 fully saturated rings. The lowest BCUT2D eigenvalue weighted by Crippen LogP contribution is -2.14. The molecule has 0 radical (unpaired) electrons. The minimum absolute atomic E-state index is 0.0973. The minimum atomic E-state index is -0.0973. The Morgan fingerprint density at radius 3 is 2.57 bits per heavy atom. The Morgan fingerprint density at radius 1 is 1.29 bits per heavy atom. The van der Waals surface area contributed by atoms with Gasteiger partial charge in [-0.1, -0.05) is 30.3 Å². The zero-order chi connectivity index (χ0) is 9.60. The highest BCUT2D eigenvalue weighted by molar-refractivity contribution is 5.20. The molecule has 1 spiro atoms. The summed E-state index contributed by atoms with van der Waals surface area (Å²) in [4.78, 5) is 0. The van der Waals surface area contributed by atoms with Gasteiger partial charge in [0.2, 0.25) is 0 Å². The van der Waals surface area contributed by atoms with E-state index in [4.69, 9.17) is 0 Å². The van der Waals surface area contributed by atoms with Gasteiger partial charge in [-0.25, -0.2) is 0 Å². The van der Waals surface area contributed by atoms with Gasteiger partial charge in [0.05, 0.1) is 6.10 Å². The lowest BCUT2D eigenvalue weighted by molar-refractivity contribution is 0.143. The maximum atomic E-state index is 10.0. The molecule has 2 unspecified atom stereocenters. The maximum Gasteiger partial charge on any atom is 0.0614 e. The van der Waals surface area contributed by atoms with Gasteiger partial charge in [0.15, 0.2) is 0 Å². The Bertz CT molecular complexity index is 326. The third kappa shape index (κ3) is 1.36. The molecule has 0 bridgehead atoms. The van der Waals surface area contributed by atoms with Crippen molar-refractivity contribution in [2.75, 3.05) is 0 Å². The molecule has 2 saturated carbocycles. The number of hydrogen-bond donors (Lipinski definition) is 1. The first-order valence-corrected chi connectivity index (χ1v) is 5.52. The van der Waals surface area contributed by atoms with Crippen LogP contribution in [0.15, 0.2) is 30.3 Å². The zero-order valence-corrected chi connectivity index (χ0v) is 8.32. The van der Waals surface area contributed by atoms with Crippen LogP contribution in [-0.2, 0) is 6.42 Å². The first-order valence-electron chi connectivity index (χ1n) is 5.52. The highest BCUT2D eigenvalue weighted by Crippen LogP contribution is 2.71. The van der Waals surface area contributed by atoms with E-state index in [0.717, 1.165) is 6.42 Å². The molecule has 1 aromatic rings. The van der Waals surface area contributed by atoms with Crippen LogP contribution in [-0.4, -0.2) is 11.2 Å². The van der Waals surface area contributed by atoms with Crippen LogP contribution < -0.4 is 0 Å². The van der Waals surface area contributed by atoms with Crippen molar-refractivity contribution in [3.63, 3.8) is 0 Å². The molecule has 1 heteroatoms. The predicted octanol–water partition coefficient (Wildman–Crippen LogP) is 2.39. The third-order valence-electron chi connectivity index (χ3n) is 3.90. The van der Waals surface area contributed by atoms with Crippen LogP contribution in [0.3, 0.4) is 0 Å². The van der Waals surface area contributed by atoms with Gasteiger partial charge >= 0.3 is 0 Å². The van der Waals surface area contributed by atoms with E-state index < -0.39 is 0 Å². The Labute approximate surface area is 84.8 Å². The monoisotopic (exact) mass is 188 g/mol. The molecule has 1 aromatic carbocycles. The molecule has 0 aromatic heterocycles. The topological polar surface area (TPSA) is 20.2 Å². The average molecular weight is 188 g/mol. The van der Waals surface area contributed by atoms with E-state index in [-0.39, 0.29) is 6.10 Å². The van der Waals surface area contributed by atoms with Crippen LogP contribution in [0, 0.1) is 11.3 Å². The second-order valence-electron chi connectivity index (χ2n) is 4.93. The summed E-state index contributed by atoms with van der Waals surface area (Å²) in [6.07, 6.45) is 4.75. The normalized spacial score (nSPS) is 28.8. The van der Waals surface area contributed by atoms with Gasteiger partial charge < -0.3 is 5.11 Å². The third-order valence-corrected chi connectivity index (χ3v) is 3.90. The van der Waals surface area contributed by atoms with Crippen molar-refractivity contribution in [3.05, 3.63) is 35.9 Å².